The molecule has 2 saturated carbocycles. The lowest BCUT2D eigenvalue weighted by Crippen LogP contribution is -2.45. The number of rotatable bonds is 1. The molecule has 0 unspecified atom stereocenters. The van der Waals surface area contributed by atoms with Crippen molar-refractivity contribution in [1.82, 2.24) is 14.5 Å². The van der Waals surface area contributed by atoms with Crippen LogP contribution >= 0.6 is 0 Å². The van der Waals surface area contributed by atoms with Crippen LogP contribution in [0.5, 0.6) is 0 Å². The molecule has 0 atom stereocenters. The van der Waals surface area contributed by atoms with Crippen molar-refractivity contribution in [3.05, 3.63) is 23.8 Å². The van der Waals surface area contributed by atoms with E-state index in [1.165, 1.54) is 32.1 Å². The third-order valence-electron chi connectivity index (χ3n) is 6.80. The second-order valence-corrected chi connectivity index (χ2v) is 8.63. The van der Waals surface area contributed by atoms with E-state index in [4.69, 9.17) is 21.4 Å². The molecule has 0 amide bonds. The van der Waals surface area contributed by atoms with Gasteiger partial charge in [0.1, 0.15) is 5.65 Å². The molecule has 2 aromatic heterocycles. The van der Waals surface area contributed by atoms with Gasteiger partial charge in [-0.05, 0) is 44.6 Å². The zero-order valence-electron chi connectivity index (χ0n) is 15.3. The molecule has 26 heavy (non-hydrogen) atoms. The summed E-state index contributed by atoms with van der Waals surface area (Å²) in [4.78, 5) is 14.4. The maximum atomic E-state index is 6.73. The van der Waals surface area contributed by atoms with Crippen LogP contribution in [0.3, 0.4) is 0 Å². The first-order valence-corrected chi connectivity index (χ1v) is 10.0. The van der Waals surface area contributed by atoms with Crippen LogP contribution in [0.15, 0.2) is 17.3 Å². The number of aromatic nitrogens is 3. The summed E-state index contributed by atoms with van der Waals surface area (Å²) >= 11 is 0. The Hall–Kier alpha value is -1.79. The summed E-state index contributed by atoms with van der Waals surface area (Å²) < 4.78 is 2.46. The van der Waals surface area contributed by atoms with Gasteiger partial charge in [-0.2, -0.15) is 0 Å². The van der Waals surface area contributed by atoms with Crippen molar-refractivity contribution in [2.24, 2.45) is 16.5 Å². The number of nitrogens with two attached hydrogens (primary N) is 2. The zero-order chi connectivity index (χ0) is 17.8. The molecule has 0 aromatic carbocycles. The first kappa shape index (κ1) is 16.4. The Balaban J connectivity index is 1.63. The minimum atomic E-state index is -0.447. The van der Waals surface area contributed by atoms with Gasteiger partial charge in [0, 0.05) is 23.8 Å². The largest absolute Gasteiger partial charge is 0.328 e. The van der Waals surface area contributed by atoms with Gasteiger partial charge in [-0.25, -0.2) is 9.97 Å². The van der Waals surface area contributed by atoms with Crippen molar-refractivity contribution < 1.29 is 0 Å². The number of hydrogen-bond donors (Lipinski definition) is 2. The summed E-state index contributed by atoms with van der Waals surface area (Å²) in [7, 11) is 0. The fourth-order valence-corrected chi connectivity index (χ4v) is 5.19. The highest BCUT2D eigenvalue weighted by Gasteiger charge is 2.39. The van der Waals surface area contributed by atoms with Crippen LogP contribution in [-0.2, 0) is 11.1 Å². The van der Waals surface area contributed by atoms with Gasteiger partial charge in [-0.1, -0.05) is 19.3 Å². The third-order valence-corrected chi connectivity index (χ3v) is 6.80. The number of nitrogens with zero attached hydrogens (tertiary/aromatic N) is 4. The van der Waals surface area contributed by atoms with Crippen LogP contribution in [0.1, 0.15) is 69.3 Å². The summed E-state index contributed by atoms with van der Waals surface area (Å²) in [5, 5.41) is 1.10. The van der Waals surface area contributed by atoms with Crippen molar-refractivity contribution in [3.63, 3.8) is 0 Å². The van der Waals surface area contributed by atoms with Gasteiger partial charge in [-0.3, -0.25) is 4.99 Å². The van der Waals surface area contributed by atoms with Crippen molar-refractivity contribution in [1.29, 1.82) is 0 Å². The average molecular weight is 352 g/mol. The SMILES string of the molecule is NC1CCC(N)(c2ncc3cc4n(c3n2)C2(CCCCC2)CN=C4)CC1. The van der Waals surface area contributed by atoms with Gasteiger partial charge < -0.3 is 16.0 Å². The average Bonchev–Trinajstić information content (AvgIpc) is 3.04. The van der Waals surface area contributed by atoms with Gasteiger partial charge in [-0.15, -0.1) is 0 Å². The van der Waals surface area contributed by atoms with Gasteiger partial charge in [0.2, 0.25) is 0 Å². The molecule has 6 nitrogen and oxygen atoms in total. The molecule has 0 bridgehead atoms. The van der Waals surface area contributed by atoms with E-state index in [0.29, 0.717) is 0 Å². The smallest absolute Gasteiger partial charge is 0.150 e. The Bertz CT molecular complexity index is 853. The van der Waals surface area contributed by atoms with E-state index in [9.17, 15) is 0 Å². The Morgan fingerprint density at radius 1 is 1.08 bits per heavy atom. The summed E-state index contributed by atoms with van der Waals surface area (Å²) in [6.07, 6.45) is 13.8. The van der Waals surface area contributed by atoms with Crippen LogP contribution in [0.4, 0.5) is 0 Å². The highest BCUT2D eigenvalue weighted by Crippen LogP contribution is 2.41. The van der Waals surface area contributed by atoms with Gasteiger partial charge >= 0.3 is 0 Å². The normalized spacial score (nSPS) is 30.6. The fourth-order valence-electron chi connectivity index (χ4n) is 5.19. The van der Waals surface area contributed by atoms with E-state index in [0.717, 1.165) is 54.8 Å². The first-order valence-electron chi connectivity index (χ1n) is 10.0. The molecule has 5 rings (SSSR count). The second kappa shape index (κ2) is 5.86. The molecular weight excluding hydrogens is 324 g/mol. The van der Waals surface area contributed by atoms with Crippen molar-refractivity contribution in [2.45, 2.75) is 74.9 Å². The highest BCUT2D eigenvalue weighted by molar-refractivity contribution is 5.89. The molecule has 1 spiro atoms. The maximum Gasteiger partial charge on any atom is 0.150 e. The Morgan fingerprint density at radius 2 is 1.85 bits per heavy atom. The van der Waals surface area contributed by atoms with Gasteiger partial charge in [0.15, 0.2) is 5.82 Å². The topological polar surface area (TPSA) is 95.1 Å². The second-order valence-electron chi connectivity index (χ2n) is 8.63. The molecule has 6 heteroatoms. The lowest BCUT2D eigenvalue weighted by Gasteiger charge is -2.41. The minimum Gasteiger partial charge on any atom is -0.328 e. The lowest BCUT2D eigenvalue weighted by molar-refractivity contribution is 0.204. The molecule has 0 saturated heterocycles. The van der Waals surface area contributed by atoms with Crippen molar-refractivity contribution in [2.75, 3.05) is 6.54 Å². The molecule has 2 aliphatic carbocycles. The molecule has 138 valence electrons. The quantitative estimate of drug-likeness (QED) is 0.824. The molecule has 2 aromatic rings. The maximum absolute atomic E-state index is 6.73. The lowest BCUT2D eigenvalue weighted by atomic mass is 9.79. The molecule has 1 aliphatic heterocycles. The number of hydrogen-bond acceptors (Lipinski definition) is 5. The van der Waals surface area contributed by atoms with E-state index in [2.05, 4.69) is 15.6 Å². The van der Waals surface area contributed by atoms with Crippen LogP contribution in [0.2, 0.25) is 0 Å². The summed E-state index contributed by atoms with van der Waals surface area (Å²) in [5.41, 5.74) is 14.7. The molecule has 2 fully saturated rings. The summed E-state index contributed by atoms with van der Waals surface area (Å²) in [6, 6.07) is 2.44. The molecule has 0 radical (unpaired) electrons. The van der Waals surface area contributed by atoms with E-state index < -0.39 is 5.54 Å². The Kier molecular flexibility index (Phi) is 3.69. The van der Waals surface area contributed by atoms with Gasteiger partial charge in [0.25, 0.3) is 0 Å². The van der Waals surface area contributed by atoms with Crippen LogP contribution in [0.25, 0.3) is 11.0 Å². The van der Waals surface area contributed by atoms with E-state index in [-0.39, 0.29) is 11.6 Å². The fraction of sp³-hybridized carbons (Fsp3) is 0.650. The van der Waals surface area contributed by atoms with Crippen molar-refractivity contribution in [3.8, 4) is 0 Å². The zero-order valence-corrected chi connectivity index (χ0v) is 15.3. The standard InChI is InChI=1S/C20H28N6/c21-15-4-8-20(22,9-5-15)18-24-11-14-10-16-12-23-13-19(6-2-1-3-7-19)26(16)17(14)25-18/h10-12,15H,1-9,13,21-22H2. The summed E-state index contributed by atoms with van der Waals surface area (Å²) in [6.45, 7) is 0.867. The monoisotopic (exact) mass is 352 g/mol. The molecular formula is C20H28N6. The van der Waals surface area contributed by atoms with E-state index >= 15 is 0 Å². The van der Waals surface area contributed by atoms with Crippen LogP contribution in [0, 0.1) is 0 Å². The molecule has 3 heterocycles. The third kappa shape index (κ3) is 2.42. The number of aliphatic imine (C=N–C) groups is 1. The first-order chi connectivity index (χ1) is 12.6. The van der Waals surface area contributed by atoms with E-state index in [1.807, 2.05) is 12.4 Å². The van der Waals surface area contributed by atoms with E-state index in [1.54, 1.807) is 0 Å². The predicted molar refractivity (Wildman–Crippen MR) is 103 cm³/mol. The van der Waals surface area contributed by atoms with Crippen LogP contribution in [-0.4, -0.2) is 33.3 Å². The molecule has 4 N–H and O–H groups in total. The highest BCUT2D eigenvalue weighted by atomic mass is 15.2. The van der Waals surface area contributed by atoms with Crippen molar-refractivity contribution >= 4 is 17.2 Å². The molecule has 3 aliphatic rings. The Labute approximate surface area is 154 Å². The van der Waals surface area contributed by atoms with Gasteiger partial charge in [0.05, 0.1) is 23.3 Å². The predicted octanol–water partition coefficient (Wildman–Crippen LogP) is 2.58. The summed E-state index contributed by atoms with van der Waals surface area (Å²) in [5.74, 6) is 0.784. The Morgan fingerprint density at radius 3 is 2.62 bits per heavy atom. The van der Waals surface area contributed by atoms with Crippen LogP contribution < -0.4 is 11.5 Å². The minimum absolute atomic E-state index is 0.0897. The number of fused-ring (bicyclic) bond motifs is 4.